The van der Waals surface area contributed by atoms with Crippen molar-refractivity contribution in [1.82, 2.24) is 4.90 Å². The van der Waals surface area contributed by atoms with Crippen molar-refractivity contribution in [3.8, 4) is 0 Å². The first-order chi connectivity index (χ1) is 8.54. The summed E-state index contributed by atoms with van der Waals surface area (Å²) < 4.78 is 18.9. The lowest BCUT2D eigenvalue weighted by Gasteiger charge is -2.46. The van der Waals surface area contributed by atoms with E-state index in [9.17, 15) is 4.39 Å². The van der Waals surface area contributed by atoms with Gasteiger partial charge in [-0.2, -0.15) is 0 Å². The molecule has 0 aliphatic carbocycles. The van der Waals surface area contributed by atoms with Crippen molar-refractivity contribution in [1.29, 1.82) is 0 Å². The molecule has 0 aromatic heterocycles. The van der Waals surface area contributed by atoms with Crippen LogP contribution in [-0.4, -0.2) is 36.7 Å². The molecule has 1 heterocycles. The van der Waals surface area contributed by atoms with Gasteiger partial charge in [0, 0.05) is 24.7 Å². The first kappa shape index (κ1) is 13.5. The van der Waals surface area contributed by atoms with Crippen molar-refractivity contribution in [2.75, 3.05) is 26.3 Å². The number of halogens is 1. The highest BCUT2D eigenvalue weighted by Crippen LogP contribution is 2.30. The van der Waals surface area contributed by atoms with Crippen LogP contribution in [0.3, 0.4) is 0 Å². The number of morpholine rings is 1. The molecule has 1 aromatic rings. The quantitative estimate of drug-likeness (QED) is 0.893. The van der Waals surface area contributed by atoms with Crippen LogP contribution in [0.1, 0.15) is 25.5 Å². The van der Waals surface area contributed by atoms with Crippen molar-refractivity contribution in [3.63, 3.8) is 0 Å². The predicted octanol–water partition coefficient (Wildman–Crippen LogP) is 1.94. The van der Waals surface area contributed by atoms with Gasteiger partial charge in [-0.1, -0.05) is 12.1 Å². The van der Waals surface area contributed by atoms with E-state index < -0.39 is 0 Å². The first-order valence-corrected chi connectivity index (χ1v) is 6.34. The van der Waals surface area contributed by atoms with Crippen LogP contribution in [0.4, 0.5) is 4.39 Å². The molecule has 0 radical (unpaired) electrons. The maximum absolute atomic E-state index is 13.3. The molecule has 1 saturated heterocycles. The van der Waals surface area contributed by atoms with E-state index in [2.05, 4.69) is 18.7 Å². The third-order valence-electron chi connectivity index (χ3n) is 3.54. The lowest BCUT2D eigenvalue weighted by molar-refractivity contribution is -0.0713. The SMILES string of the molecule is CC1(C)COCCN1C(CN)c1cccc(F)c1. The standard InChI is InChI=1S/C14H21FN2O/c1-14(2)10-18-7-6-17(14)13(9-16)11-4-3-5-12(15)8-11/h3-5,8,13H,6-7,9-10,16H2,1-2H3. The van der Waals surface area contributed by atoms with Crippen molar-refractivity contribution >= 4 is 0 Å². The Morgan fingerprint density at radius 3 is 2.89 bits per heavy atom. The van der Waals surface area contributed by atoms with Gasteiger partial charge in [-0.05, 0) is 31.5 Å². The molecular weight excluding hydrogens is 231 g/mol. The van der Waals surface area contributed by atoms with E-state index in [1.807, 2.05) is 6.07 Å². The molecule has 3 nitrogen and oxygen atoms in total. The summed E-state index contributed by atoms with van der Waals surface area (Å²) in [6.45, 7) is 6.95. The molecule has 1 aliphatic heterocycles. The van der Waals surface area contributed by atoms with Gasteiger partial charge in [0.05, 0.1) is 13.2 Å². The molecule has 18 heavy (non-hydrogen) atoms. The van der Waals surface area contributed by atoms with Crippen LogP contribution in [0.15, 0.2) is 24.3 Å². The van der Waals surface area contributed by atoms with E-state index in [0.717, 1.165) is 12.1 Å². The molecule has 2 rings (SSSR count). The maximum atomic E-state index is 13.3. The van der Waals surface area contributed by atoms with Gasteiger partial charge in [0.25, 0.3) is 0 Å². The minimum Gasteiger partial charge on any atom is -0.378 e. The van der Waals surface area contributed by atoms with Crippen LogP contribution in [0.25, 0.3) is 0 Å². The largest absolute Gasteiger partial charge is 0.378 e. The van der Waals surface area contributed by atoms with Crippen molar-refractivity contribution < 1.29 is 9.13 Å². The molecule has 0 spiro atoms. The van der Waals surface area contributed by atoms with E-state index in [1.54, 1.807) is 12.1 Å². The summed E-state index contributed by atoms with van der Waals surface area (Å²) in [4.78, 5) is 2.31. The molecule has 1 unspecified atom stereocenters. The van der Waals surface area contributed by atoms with E-state index in [0.29, 0.717) is 19.8 Å². The minimum atomic E-state index is -0.211. The summed E-state index contributed by atoms with van der Waals surface area (Å²) in [5.74, 6) is -0.211. The van der Waals surface area contributed by atoms with Crippen molar-refractivity contribution in [2.24, 2.45) is 5.73 Å². The molecule has 100 valence electrons. The highest BCUT2D eigenvalue weighted by molar-refractivity contribution is 5.21. The normalized spacial score (nSPS) is 21.8. The Bertz CT molecular complexity index is 409. The fourth-order valence-electron chi connectivity index (χ4n) is 2.61. The smallest absolute Gasteiger partial charge is 0.123 e. The zero-order valence-corrected chi connectivity index (χ0v) is 11.0. The molecule has 2 N–H and O–H groups in total. The van der Waals surface area contributed by atoms with E-state index >= 15 is 0 Å². The van der Waals surface area contributed by atoms with Gasteiger partial charge in [-0.15, -0.1) is 0 Å². The van der Waals surface area contributed by atoms with Crippen molar-refractivity contribution in [2.45, 2.75) is 25.4 Å². The molecule has 4 heteroatoms. The average Bonchev–Trinajstić information content (AvgIpc) is 2.32. The topological polar surface area (TPSA) is 38.5 Å². The molecule has 1 atom stereocenters. The van der Waals surface area contributed by atoms with Gasteiger partial charge in [0.1, 0.15) is 5.82 Å². The Hall–Kier alpha value is -0.970. The summed E-state index contributed by atoms with van der Waals surface area (Å²) in [5, 5.41) is 0. The Morgan fingerprint density at radius 2 is 2.28 bits per heavy atom. The van der Waals surface area contributed by atoms with Crippen LogP contribution in [-0.2, 0) is 4.74 Å². The number of ether oxygens (including phenoxy) is 1. The van der Waals surface area contributed by atoms with Gasteiger partial charge < -0.3 is 10.5 Å². The Kier molecular flexibility index (Phi) is 4.00. The number of nitrogens with zero attached hydrogens (tertiary/aromatic N) is 1. The summed E-state index contributed by atoms with van der Waals surface area (Å²) in [5.41, 5.74) is 6.76. The summed E-state index contributed by atoms with van der Waals surface area (Å²) >= 11 is 0. The summed E-state index contributed by atoms with van der Waals surface area (Å²) in [7, 11) is 0. The summed E-state index contributed by atoms with van der Waals surface area (Å²) in [6, 6.07) is 6.75. The third-order valence-corrected chi connectivity index (χ3v) is 3.54. The van der Waals surface area contributed by atoms with Crippen LogP contribution < -0.4 is 5.73 Å². The molecular formula is C14H21FN2O. The molecule has 1 aromatic carbocycles. The minimum absolute atomic E-state index is 0.0413. The molecule has 0 saturated carbocycles. The Balaban J connectivity index is 2.27. The second-order valence-electron chi connectivity index (χ2n) is 5.36. The van der Waals surface area contributed by atoms with E-state index in [-0.39, 0.29) is 17.4 Å². The molecule has 1 aliphatic rings. The third kappa shape index (κ3) is 2.71. The molecule has 1 fully saturated rings. The number of nitrogens with two attached hydrogens (primary N) is 1. The van der Waals surface area contributed by atoms with Gasteiger partial charge in [0.15, 0.2) is 0 Å². The highest BCUT2D eigenvalue weighted by Gasteiger charge is 2.35. The zero-order chi connectivity index (χ0) is 13.2. The van der Waals surface area contributed by atoms with Gasteiger partial charge in [0.2, 0.25) is 0 Å². The van der Waals surface area contributed by atoms with Crippen molar-refractivity contribution in [3.05, 3.63) is 35.6 Å². The van der Waals surface area contributed by atoms with E-state index in [1.165, 1.54) is 6.07 Å². The second kappa shape index (κ2) is 5.34. The van der Waals surface area contributed by atoms with Crippen LogP contribution in [0.5, 0.6) is 0 Å². The lowest BCUT2D eigenvalue weighted by Crippen LogP contribution is -2.55. The van der Waals surface area contributed by atoms with Crippen LogP contribution >= 0.6 is 0 Å². The summed E-state index contributed by atoms with van der Waals surface area (Å²) in [6.07, 6.45) is 0. The molecule has 0 bridgehead atoms. The van der Waals surface area contributed by atoms with Gasteiger partial charge in [-0.3, -0.25) is 4.90 Å². The molecule has 0 amide bonds. The first-order valence-electron chi connectivity index (χ1n) is 6.34. The fraction of sp³-hybridized carbons (Fsp3) is 0.571. The van der Waals surface area contributed by atoms with Crippen LogP contribution in [0.2, 0.25) is 0 Å². The lowest BCUT2D eigenvalue weighted by atomic mass is 9.95. The monoisotopic (exact) mass is 252 g/mol. The Morgan fingerprint density at radius 1 is 1.50 bits per heavy atom. The average molecular weight is 252 g/mol. The predicted molar refractivity (Wildman–Crippen MR) is 69.8 cm³/mol. The van der Waals surface area contributed by atoms with Crippen LogP contribution in [0, 0.1) is 5.82 Å². The zero-order valence-electron chi connectivity index (χ0n) is 11.0. The number of hydrogen-bond acceptors (Lipinski definition) is 3. The highest BCUT2D eigenvalue weighted by atomic mass is 19.1. The van der Waals surface area contributed by atoms with E-state index in [4.69, 9.17) is 10.5 Å². The second-order valence-corrected chi connectivity index (χ2v) is 5.36. The van der Waals surface area contributed by atoms with Gasteiger partial charge >= 0.3 is 0 Å². The fourth-order valence-corrected chi connectivity index (χ4v) is 2.61. The number of benzene rings is 1. The number of hydrogen-bond donors (Lipinski definition) is 1. The maximum Gasteiger partial charge on any atom is 0.123 e. The van der Waals surface area contributed by atoms with Gasteiger partial charge in [-0.25, -0.2) is 4.39 Å². The number of rotatable bonds is 3. The Labute approximate surface area is 108 Å².